The van der Waals surface area contributed by atoms with Gasteiger partial charge in [0, 0.05) is 11.4 Å². The zero-order valence-electron chi connectivity index (χ0n) is 12.7. The van der Waals surface area contributed by atoms with Gasteiger partial charge in [0.25, 0.3) is 0 Å². The van der Waals surface area contributed by atoms with Crippen molar-refractivity contribution in [2.45, 2.75) is 10.8 Å². The molecule has 3 amide bonds. The van der Waals surface area contributed by atoms with E-state index >= 15 is 0 Å². The van der Waals surface area contributed by atoms with Crippen LogP contribution in [-0.4, -0.2) is 29.2 Å². The maximum atomic E-state index is 11.8. The lowest BCUT2D eigenvalue weighted by Gasteiger charge is -2.05. The van der Waals surface area contributed by atoms with Crippen LogP contribution in [0.15, 0.2) is 46.1 Å². The maximum absolute atomic E-state index is 11.8. The van der Waals surface area contributed by atoms with Crippen molar-refractivity contribution in [3.05, 3.63) is 46.7 Å². The van der Waals surface area contributed by atoms with Crippen molar-refractivity contribution in [1.29, 1.82) is 0 Å². The molecule has 0 fully saturated rings. The quantitative estimate of drug-likeness (QED) is 0.645. The van der Waals surface area contributed by atoms with Gasteiger partial charge in [-0.2, -0.15) is 0 Å². The number of urea groups is 1. The van der Waals surface area contributed by atoms with Gasteiger partial charge in [-0.25, -0.2) is 9.78 Å². The standard InChI is InChI=1S/C16H15N3O2S3/c20-14(19-15(21)17-8-7-11-4-3-9-22-11)10-23-16-18-12-5-1-2-6-13(12)24-16/h1-6,9H,7-8,10H2,(H2,17,19,20,21). The monoisotopic (exact) mass is 377 g/mol. The van der Waals surface area contributed by atoms with Gasteiger partial charge in [-0.15, -0.1) is 22.7 Å². The van der Waals surface area contributed by atoms with E-state index < -0.39 is 6.03 Å². The summed E-state index contributed by atoms with van der Waals surface area (Å²) in [7, 11) is 0. The van der Waals surface area contributed by atoms with Gasteiger partial charge >= 0.3 is 6.03 Å². The van der Waals surface area contributed by atoms with Crippen molar-refractivity contribution in [3.63, 3.8) is 0 Å². The Bertz CT molecular complexity index is 797. The number of nitrogens with one attached hydrogen (secondary N) is 2. The first-order valence-corrected chi connectivity index (χ1v) is 9.97. The third-order valence-electron chi connectivity index (χ3n) is 3.09. The Kier molecular flexibility index (Phi) is 5.84. The van der Waals surface area contributed by atoms with Gasteiger partial charge in [-0.05, 0) is 30.0 Å². The summed E-state index contributed by atoms with van der Waals surface area (Å²) < 4.78 is 1.91. The molecule has 3 rings (SSSR count). The Morgan fingerprint density at radius 3 is 2.83 bits per heavy atom. The Labute approximate surface area is 151 Å². The molecule has 0 bridgehead atoms. The fraction of sp³-hybridized carbons (Fsp3) is 0.188. The number of imide groups is 1. The summed E-state index contributed by atoms with van der Waals surface area (Å²) >= 11 is 4.53. The fourth-order valence-corrected chi connectivity index (χ4v) is 4.58. The molecule has 8 heteroatoms. The third-order valence-corrected chi connectivity index (χ3v) is 6.21. The summed E-state index contributed by atoms with van der Waals surface area (Å²) in [6, 6.07) is 11.4. The number of aromatic nitrogens is 1. The second kappa shape index (κ2) is 8.27. The van der Waals surface area contributed by atoms with E-state index in [1.54, 1.807) is 22.7 Å². The Morgan fingerprint density at radius 1 is 1.17 bits per heavy atom. The van der Waals surface area contributed by atoms with Gasteiger partial charge in [0.15, 0.2) is 4.34 Å². The molecule has 2 heterocycles. The molecule has 0 aliphatic carbocycles. The minimum atomic E-state index is -0.457. The normalized spacial score (nSPS) is 10.7. The molecular weight excluding hydrogens is 362 g/mol. The first-order chi connectivity index (χ1) is 11.7. The van der Waals surface area contributed by atoms with Crippen LogP contribution in [0.3, 0.4) is 0 Å². The zero-order valence-corrected chi connectivity index (χ0v) is 15.1. The first-order valence-electron chi connectivity index (χ1n) is 7.29. The second-order valence-electron chi connectivity index (χ2n) is 4.87. The number of hydrogen-bond acceptors (Lipinski definition) is 6. The zero-order chi connectivity index (χ0) is 16.8. The number of carbonyl (C=O) groups is 2. The summed E-state index contributed by atoms with van der Waals surface area (Å²) in [4.78, 5) is 29.1. The number of amides is 3. The van der Waals surface area contributed by atoms with Crippen LogP contribution in [-0.2, 0) is 11.2 Å². The van der Waals surface area contributed by atoms with E-state index in [-0.39, 0.29) is 11.7 Å². The molecule has 0 saturated heterocycles. The van der Waals surface area contributed by atoms with E-state index in [1.807, 2.05) is 41.8 Å². The fourth-order valence-electron chi connectivity index (χ4n) is 2.00. The van der Waals surface area contributed by atoms with Crippen LogP contribution in [0.25, 0.3) is 10.2 Å². The average Bonchev–Trinajstić information content (AvgIpc) is 3.21. The van der Waals surface area contributed by atoms with E-state index in [2.05, 4.69) is 15.6 Å². The number of thioether (sulfide) groups is 1. The summed E-state index contributed by atoms with van der Waals surface area (Å²) in [5.74, 6) is -0.161. The highest BCUT2D eigenvalue weighted by Crippen LogP contribution is 2.28. The first kappa shape index (κ1) is 16.9. The average molecular weight is 378 g/mol. The highest BCUT2D eigenvalue weighted by molar-refractivity contribution is 8.01. The van der Waals surface area contributed by atoms with Crippen LogP contribution in [0.1, 0.15) is 4.88 Å². The lowest BCUT2D eigenvalue weighted by Crippen LogP contribution is -2.41. The molecule has 0 radical (unpaired) electrons. The van der Waals surface area contributed by atoms with Gasteiger partial charge in [0.05, 0.1) is 16.0 Å². The number of rotatable bonds is 6. The van der Waals surface area contributed by atoms with Gasteiger partial charge in [0.1, 0.15) is 0 Å². The van der Waals surface area contributed by atoms with Gasteiger partial charge in [-0.1, -0.05) is 30.0 Å². The van der Waals surface area contributed by atoms with E-state index in [1.165, 1.54) is 16.6 Å². The predicted octanol–water partition coefficient (Wildman–Crippen LogP) is 3.52. The van der Waals surface area contributed by atoms with Crippen LogP contribution in [0.4, 0.5) is 4.79 Å². The minimum Gasteiger partial charge on any atom is -0.337 e. The molecule has 0 unspecified atom stereocenters. The van der Waals surface area contributed by atoms with Crippen molar-refractivity contribution in [2.75, 3.05) is 12.3 Å². The minimum absolute atomic E-state index is 0.165. The number of nitrogens with zero attached hydrogens (tertiary/aromatic N) is 1. The Morgan fingerprint density at radius 2 is 2.04 bits per heavy atom. The second-order valence-corrected chi connectivity index (χ2v) is 8.15. The summed E-state index contributed by atoms with van der Waals surface area (Å²) in [5.41, 5.74) is 0.928. The lowest BCUT2D eigenvalue weighted by atomic mass is 10.3. The highest BCUT2D eigenvalue weighted by atomic mass is 32.2. The van der Waals surface area contributed by atoms with Crippen LogP contribution >= 0.6 is 34.4 Å². The molecule has 0 atom stereocenters. The number of benzene rings is 1. The number of thiophene rings is 1. The van der Waals surface area contributed by atoms with E-state index in [9.17, 15) is 9.59 Å². The molecule has 0 aliphatic rings. The summed E-state index contributed by atoms with van der Waals surface area (Å²) in [5, 5.41) is 7.02. The highest BCUT2D eigenvalue weighted by Gasteiger charge is 2.10. The van der Waals surface area contributed by atoms with Crippen molar-refractivity contribution < 1.29 is 9.59 Å². The molecule has 0 saturated carbocycles. The molecule has 5 nitrogen and oxygen atoms in total. The Balaban J connectivity index is 1.39. The van der Waals surface area contributed by atoms with E-state index in [0.29, 0.717) is 6.54 Å². The van der Waals surface area contributed by atoms with Crippen molar-refractivity contribution in [3.8, 4) is 0 Å². The topological polar surface area (TPSA) is 71.1 Å². The molecule has 2 aromatic heterocycles. The number of fused-ring (bicyclic) bond motifs is 1. The van der Waals surface area contributed by atoms with Crippen molar-refractivity contribution in [2.24, 2.45) is 0 Å². The van der Waals surface area contributed by atoms with E-state index in [0.717, 1.165) is 21.0 Å². The molecule has 3 aromatic rings. The largest absolute Gasteiger partial charge is 0.337 e. The number of carbonyl (C=O) groups excluding carboxylic acids is 2. The number of hydrogen-bond donors (Lipinski definition) is 2. The van der Waals surface area contributed by atoms with Gasteiger partial charge in [0.2, 0.25) is 5.91 Å². The third kappa shape index (κ3) is 4.80. The SMILES string of the molecule is O=C(CSc1nc2ccccc2s1)NC(=O)NCCc1cccs1. The smallest absolute Gasteiger partial charge is 0.321 e. The van der Waals surface area contributed by atoms with Crippen LogP contribution in [0, 0.1) is 0 Å². The van der Waals surface area contributed by atoms with E-state index in [4.69, 9.17) is 0 Å². The molecule has 0 aliphatic heterocycles. The number of para-hydroxylation sites is 1. The van der Waals surface area contributed by atoms with Crippen LogP contribution < -0.4 is 10.6 Å². The molecular formula is C16H15N3O2S3. The number of thiazole rings is 1. The summed E-state index contributed by atoms with van der Waals surface area (Å²) in [6.07, 6.45) is 0.764. The summed E-state index contributed by atoms with van der Waals surface area (Å²) in [6.45, 7) is 0.505. The van der Waals surface area contributed by atoms with Crippen molar-refractivity contribution in [1.82, 2.24) is 15.6 Å². The molecule has 1 aromatic carbocycles. The predicted molar refractivity (Wildman–Crippen MR) is 99.9 cm³/mol. The molecule has 24 heavy (non-hydrogen) atoms. The Hall–Kier alpha value is -1.90. The molecule has 124 valence electrons. The molecule has 0 spiro atoms. The maximum Gasteiger partial charge on any atom is 0.321 e. The van der Waals surface area contributed by atoms with Crippen molar-refractivity contribution >= 4 is 56.6 Å². The van der Waals surface area contributed by atoms with Crippen LogP contribution in [0.2, 0.25) is 0 Å². The van der Waals surface area contributed by atoms with Gasteiger partial charge in [-0.3, -0.25) is 10.1 Å². The molecule has 2 N–H and O–H groups in total. The lowest BCUT2D eigenvalue weighted by molar-refractivity contribution is -0.117. The van der Waals surface area contributed by atoms with Crippen LogP contribution in [0.5, 0.6) is 0 Å². The van der Waals surface area contributed by atoms with Gasteiger partial charge < -0.3 is 5.32 Å².